The number of aromatic nitrogens is 1. The molecule has 1 saturated heterocycles. The third-order valence-corrected chi connectivity index (χ3v) is 8.31. The maximum Gasteiger partial charge on any atom is 0.326 e. The summed E-state index contributed by atoms with van der Waals surface area (Å²) in [6.45, 7) is 3.38. The van der Waals surface area contributed by atoms with E-state index in [4.69, 9.17) is 4.74 Å². The molecule has 0 aliphatic carbocycles. The van der Waals surface area contributed by atoms with Crippen molar-refractivity contribution in [3.05, 3.63) is 59.1 Å². The third-order valence-electron chi connectivity index (χ3n) is 5.90. The van der Waals surface area contributed by atoms with Gasteiger partial charge in [0.05, 0.1) is 16.8 Å². The minimum Gasteiger partial charge on any atom is -0.465 e. The Morgan fingerprint density at radius 2 is 1.74 bits per heavy atom. The summed E-state index contributed by atoms with van der Waals surface area (Å²) in [5, 5.41) is 0. The number of hydrogen-bond acceptors (Lipinski definition) is 8. The van der Waals surface area contributed by atoms with Crippen LogP contribution in [0.4, 0.5) is 10.1 Å². The normalized spacial score (nSPS) is 14.6. The fourth-order valence-electron chi connectivity index (χ4n) is 4.13. The van der Waals surface area contributed by atoms with E-state index in [0.717, 1.165) is 17.0 Å². The number of fused-ring (bicyclic) bond motifs is 1. The minimum absolute atomic E-state index is 0.0298. The SMILES string of the molecule is CCOC(=O)Cn1c(=NC(=O)CS(=O)(=O)CC(=O)N2CCN(c3ccccc3)CC2)sc2cc(F)ccc21. The van der Waals surface area contributed by atoms with Crippen molar-refractivity contribution < 1.29 is 31.9 Å². The average Bonchev–Trinajstić information content (AvgIpc) is 3.19. The summed E-state index contributed by atoms with van der Waals surface area (Å²) in [6, 6.07) is 13.6. The Kier molecular flexibility index (Phi) is 8.57. The van der Waals surface area contributed by atoms with E-state index in [9.17, 15) is 27.2 Å². The number of nitrogens with zero attached hydrogens (tertiary/aromatic N) is 4. The van der Waals surface area contributed by atoms with Crippen LogP contribution < -0.4 is 9.70 Å². The molecule has 0 saturated carbocycles. The molecule has 0 bridgehead atoms. The summed E-state index contributed by atoms with van der Waals surface area (Å²) >= 11 is 0.940. The first-order valence-electron chi connectivity index (χ1n) is 12.0. The molecule has 0 spiro atoms. The quantitative estimate of drug-likeness (QED) is 0.383. The van der Waals surface area contributed by atoms with Gasteiger partial charge in [-0.1, -0.05) is 29.5 Å². The van der Waals surface area contributed by atoms with Crippen LogP contribution in [-0.2, 0) is 35.5 Å². The number of para-hydroxylation sites is 1. The molecule has 2 aromatic carbocycles. The van der Waals surface area contributed by atoms with E-state index in [1.165, 1.54) is 27.7 Å². The monoisotopic (exact) mass is 562 g/mol. The number of benzene rings is 2. The van der Waals surface area contributed by atoms with Crippen molar-refractivity contribution >= 4 is 54.9 Å². The van der Waals surface area contributed by atoms with E-state index >= 15 is 0 Å². The molecular weight excluding hydrogens is 535 g/mol. The van der Waals surface area contributed by atoms with E-state index in [0.29, 0.717) is 36.4 Å². The standard InChI is InChI=1S/C25H27FN4O6S2/c1-2-36-24(33)15-30-20-9-8-18(26)14-21(20)37-25(30)27-22(31)16-38(34,35)17-23(32)29-12-10-28(11-13-29)19-6-4-3-5-7-19/h3-9,14H,2,10-13,15-17H2,1H3. The first kappa shape index (κ1) is 27.5. The van der Waals surface area contributed by atoms with Crippen molar-refractivity contribution in [2.45, 2.75) is 13.5 Å². The molecule has 3 aromatic rings. The number of piperazine rings is 1. The fourth-order valence-corrected chi connectivity index (χ4v) is 6.30. The van der Waals surface area contributed by atoms with Crippen LogP contribution in [0.2, 0.25) is 0 Å². The Balaban J connectivity index is 1.43. The van der Waals surface area contributed by atoms with E-state index < -0.39 is 44.9 Å². The number of amides is 2. The van der Waals surface area contributed by atoms with E-state index in [1.807, 2.05) is 30.3 Å². The molecular formula is C25H27FN4O6S2. The molecule has 0 N–H and O–H groups in total. The Labute approximate surface area is 222 Å². The third kappa shape index (κ3) is 6.84. The molecule has 0 atom stereocenters. The highest BCUT2D eigenvalue weighted by Crippen LogP contribution is 2.19. The lowest BCUT2D eigenvalue weighted by atomic mass is 10.2. The number of sulfone groups is 1. The van der Waals surface area contributed by atoms with Crippen LogP contribution in [0.1, 0.15) is 6.92 Å². The Morgan fingerprint density at radius 3 is 2.42 bits per heavy atom. The number of carbonyl (C=O) groups excluding carboxylic acids is 3. The summed E-state index contributed by atoms with van der Waals surface area (Å²) < 4.78 is 45.8. The van der Waals surface area contributed by atoms with Gasteiger partial charge in [-0.2, -0.15) is 4.99 Å². The second kappa shape index (κ2) is 11.9. The van der Waals surface area contributed by atoms with Crippen LogP contribution in [0.15, 0.2) is 53.5 Å². The number of ether oxygens (including phenoxy) is 1. The molecule has 202 valence electrons. The van der Waals surface area contributed by atoms with Crippen LogP contribution in [0.3, 0.4) is 0 Å². The van der Waals surface area contributed by atoms with Gasteiger partial charge in [-0.05, 0) is 37.3 Å². The smallest absolute Gasteiger partial charge is 0.326 e. The molecule has 38 heavy (non-hydrogen) atoms. The van der Waals surface area contributed by atoms with Crippen LogP contribution in [-0.4, -0.2) is 80.0 Å². The van der Waals surface area contributed by atoms with Gasteiger partial charge in [-0.15, -0.1) is 0 Å². The van der Waals surface area contributed by atoms with Gasteiger partial charge in [0, 0.05) is 31.9 Å². The molecule has 10 nitrogen and oxygen atoms in total. The second-order valence-corrected chi connectivity index (χ2v) is 11.7. The lowest BCUT2D eigenvalue weighted by Crippen LogP contribution is -2.50. The predicted molar refractivity (Wildman–Crippen MR) is 141 cm³/mol. The highest BCUT2D eigenvalue weighted by Gasteiger charge is 2.27. The van der Waals surface area contributed by atoms with Crippen molar-refractivity contribution in [1.82, 2.24) is 9.47 Å². The van der Waals surface area contributed by atoms with Crippen LogP contribution >= 0.6 is 11.3 Å². The molecule has 1 fully saturated rings. The maximum absolute atomic E-state index is 13.7. The molecule has 1 aliphatic rings. The molecule has 0 unspecified atom stereocenters. The number of halogens is 1. The number of thiazole rings is 1. The van der Waals surface area contributed by atoms with E-state index in [2.05, 4.69) is 9.89 Å². The van der Waals surface area contributed by atoms with Gasteiger partial charge >= 0.3 is 5.97 Å². The molecule has 1 aliphatic heterocycles. The van der Waals surface area contributed by atoms with E-state index in [1.54, 1.807) is 6.92 Å². The molecule has 2 heterocycles. The number of carbonyl (C=O) groups is 3. The highest BCUT2D eigenvalue weighted by molar-refractivity contribution is 7.92. The summed E-state index contributed by atoms with van der Waals surface area (Å²) in [4.78, 5) is 44.9. The second-order valence-electron chi connectivity index (χ2n) is 8.63. The Morgan fingerprint density at radius 1 is 1.03 bits per heavy atom. The lowest BCUT2D eigenvalue weighted by Gasteiger charge is -2.36. The minimum atomic E-state index is -4.10. The van der Waals surface area contributed by atoms with Crippen LogP contribution in [0.5, 0.6) is 0 Å². The number of hydrogen-bond donors (Lipinski definition) is 0. The zero-order valence-corrected chi connectivity index (χ0v) is 22.3. The highest BCUT2D eigenvalue weighted by atomic mass is 32.2. The van der Waals surface area contributed by atoms with Gasteiger partial charge in [0.1, 0.15) is 23.9 Å². The number of rotatable bonds is 8. The number of anilines is 1. The van der Waals surface area contributed by atoms with Crippen molar-refractivity contribution in [2.24, 2.45) is 4.99 Å². The summed E-state index contributed by atoms with van der Waals surface area (Å²) in [5.41, 5.74) is 1.48. The van der Waals surface area contributed by atoms with Crippen LogP contribution in [0, 0.1) is 5.82 Å². The maximum atomic E-state index is 13.7. The number of esters is 1. The molecule has 1 aromatic heterocycles. The van der Waals surface area contributed by atoms with Gasteiger partial charge in [0.15, 0.2) is 14.6 Å². The van der Waals surface area contributed by atoms with Crippen LogP contribution in [0.25, 0.3) is 10.2 Å². The summed E-state index contributed by atoms with van der Waals surface area (Å²) in [6.07, 6.45) is 0. The lowest BCUT2D eigenvalue weighted by molar-refractivity contribution is -0.143. The zero-order valence-electron chi connectivity index (χ0n) is 20.7. The molecule has 13 heteroatoms. The molecule has 0 radical (unpaired) electrons. The fraction of sp³-hybridized carbons (Fsp3) is 0.360. The van der Waals surface area contributed by atoms with Crippen molar-refractivity contribution in [3.8, 4) is 0 Å². The van der Waals surface area contributed by atoms with Crippen molar-refractivity contribution in [2.75, 3.05) is 49.2 Å². The van der Waals surface area contributed by atoms with Crippen molar-refractivity contribution in [3.63, 3.8) is 0 Å². The van der Waals surface area contributed by atoms with E-state index in [-0.39, 0.29) is 18.0 Å². The molecule has 2 amide bonds. The van der Waals surface area contributed by atoms with Gasteiger partial charge in [0.25, 0.3) is 5.91 Å². The Bertz CT molecular complexity index is 1510. The van der Waals surface area contributed by atoms with Gasteiger partial charge in [-0.3, -0.25) is 14.4 Å². The first-order chi connectivity index (χ1) is 18.1. The van der Waals surface area contributed by atoms with Crippen molar-refractivity contribution in [1.29, 1.82) is 0 Å². The predicted octanol–water partition coefficient (Wildman–Crippen LogP) is 1.60. The van der Waals surface area contributed by atoms with Gasteiger partial charge < -0.3 is 19.1 Å². The Hall–Kier alpha value is -3.58. The first-order valence-corrected chi connectivity index (χ1v) is 14.6. The topological polar surface area (TPSA) is 118 Å². The zero-order chi connectivity index (χ0) is 27.3. The largest absolute Gasteiger partial charge is 0.465 e. The van der Waals surface area contributed by atoms with Gasteiger partial charge in [0.2, 0.25) is 5.91 Å². The van der Waals surface area contributed by atoms with Gasteiger partial charge in [-0.25, -0.2) is 12.8 Å². The average molecular weight is 563 g/mol. The summed E-state index contributed by atoms with van der Waals surface area (Å²) in [5.74, 6) is -4.43. The molecule has 4 rings (SSSR count). The summed E-state index contributed by atoms with van der Waals surface area (Å²) in [7, 11) is -4.10.